The van der Waals surface area contributed by atoms with Crippen molar-refractivity contribution in [2.75, 3.05) is 26.4 Å². The minimum absolute atomic E-state index is 0.0281. The lowest BCUT2D eigenvalue weighted by Crippen LogP contribution is -2.58. The molecule has 0 spiro atoms. The average Bonchev–Trinajstić information content (AvgIpc) is 1.72. The molecule has 0 aromatic heterocycles. The van der Waals surface area contributed by atoms with Crippen LogP contribution in [0.25, 0.3) is 0 Å². The molecule has 13 unspecified atom stereocenters. The van der Waals surface area contributed by atoms with E-state index in [0.717, 1.165) is 109 Å². The molecule has 0 aromatic carbocycles. The number of hydrogen-bond acceptors (Lipinski definition) is 8. The van der Waals surface area contributed by atoms with Gasteiger partial charge in [-0.05, 0) is 255 Å². The maximum Gasteiger partial charge on any atom is 0.417 e. The molecule has 0 radical (unpaired) electrons. The van der Waals surface area contributed by atoms with Crippen LogP contribution in [0.5, 0.6) is 0 Å². The lowest BCUT2D eigenvalue weighted by atomic mass is 9.51. The first kappa shape index (κ1) is 67.7. The highest BCUT2D eigenvalue weighted by atomic mass is 19.4. The molecular weight excluding hydrogens is 1070 g/mol. The molecule has 8 bridgehead atoms. The topological polar surface area (TPSA) is 73.8 Å². The second kappa shape index (κ2) is 24.8. The predicted molar refractivity (Wildman–Crippen MR) is 315 cm³/mol. The van der Waals surface area contributed by atoms with E-state index in [4.69, 9.17) is 37.9 Å². The molecular formula is C69H114F6O8. The summed E-state index contributed by atoms with van der Waals surface area (Å²) in [7, 11) is 0. The van der Waals surface area contributed by atoms with E-state index in [0.29, 0.717) is 51.7 Å². The zero-order chi connectivity index (χ0) is 60.9. The zero-order valence-corrected chi connectivity index (χ0v) is 53.9. The van der Waals surface area contributed by atoms with Gasteiger partial charge in [0, 0.05) is 48.1 Å². The van der Waals surface area contributed by atoms with Crippen LogP contribution in [0.3, 0.4) is 0 Å². The van der Waals surface area contributed by atoms with E-state index >= 15 is 0 Å². The van der Waals surface area contributed by atoms with Gasteiger partial charge in [-0.25, -0.2) is 0 Å². The monoisotopic (exact) mass is 1180 g/mol. The summed E-state index contributed by atoms with van der Waals surface area (Å²) < 4.78 is 134. The molecule has 2 heterocycles. The Kier molecular flexibility index (Phi) is 20.3. The third-order valence-electron chi connectivity index (χ3n) is 26.0. The van der Waals surface area contributed by atoms with Gasteiger partial charge in [-0.1, -0.05) is 60.1 Å². The van der Waals surface area contributed by atoms with E-state index in [9.17, 15) is 26.3 Å². The molecule has 0 N–H and O–H groups in total. The molecule has 14 heteroatoms. The maximum absolute atomic E-state index is 15.0. The van der Waals surface area contributed by atoms with Gasteiger partial charge in [0.15, 0.2) is 36.4 Å². The minimum Gasteiger partial charge on any atom is -0.353 e. The van der Waals surface area contributed by atoms with E-state index in [2.05, 4.69) is 60.8 Å². The summed E-state index contributed by atoms with van der Waals surface area (Å²) in [6.07, 6.45) is 21.3. The highest BCUT2D eigenvalue weighted by molar-refractivity contribution is 5.22. The Morgan fingerprint density at radius 3 is 1.45 bits per heavy atom. The Balaban J connectivity index is 0.000000190. The van der Waals surface area contributed by atoms with E-state index in [-0.39, 0.29) is 56.3 Å². The van der Waals surface area contributed by atoms with Gasteiger partial charge in [-0.15, -0.1) is 13.2 Å². The van der Waals surface area contributed by atoms with E-state index in [1.807, 2.05) is 19.9 Å². The Labute approximate surface area is 498 Å². The van der Waals surface area contributed by atoms with Gasteiger partial charge >= 0.3 is 12.4 Å². The molecule has 10 rings (SSSR count). The summed E-state index contributed by atoms with van der Waals surface area (Å²) in [5.41, 5.74) is -6.26. The molecule has 0 amide bonds. The van der Waals surface area contributed by atoms with Crippen LogP contribution < -0.4 is 0 Å². The standard InChI is InChI=1S/C37H63F3O4.C17H27F3O2.C15H24O2/c1-9-22-41-27(3)43-33(8,37(38,39)40)35-20-18-34(26-35,19-21-35)30(4,5)16-17-31(6,10-2)36-15-14-28(25-36)24-32(36,7)44-29-13-11-12-23-42-29;1-5-11-21-13(3)22-14(4,17(18,19)20)16-9-7-15(6-2,12-16)8-10-16;1-3-15-8-7-12(11-15)10-14(15,2)17-13-6-4-5-9-16-13/h27-29H,9-26H2,1-8H3;6,13H,2,5,7-12H2,1,3-4H3;3,12-13H,1,4-11H2,2H3. The normalized spacial score (nSPS) is 41.1. The van der Waals surface area contributed by atoms with Crippen molar-refractivity contribution >= 4 is 0 Å². The fraction of sp³-hybridized carbons (Fsp3) is 0.942. The number of allylic oxidation sites excluding steroid dienone is 1. The molecule has 83 heavy (non-hydrogen) atoms. The number of rotatable bonds is 24. The molecule has 8 aliphatic carbocycles. The smallest absolute Gasteiger partial charge is 0.353 e. The SMILES string of the molecule is C=CC12CCC(C(C)(OC(C)OCCC)C(F)(F)F)(CC1)C2.C=CC12CCC(C1)CC2(C)OC1CCCCO1.CCCOC(C)OC(C)(C(F)(F)F)C12CCC(C(C)(C)CCC(C)(CC)C34CCC(CC3(C)OC3CCCCO3)C4)(CC1)C2. The van der Waals surface area contributed by atoms with Crippen molar-refractivity contribution in [2.24, 2.45) is 55.2 Å². The highest BCUT2D eigenvalue weighted by Crippen LogP contribution is 2.76. The van der Waals surface area contributed by atoms with E-state index < -0.39 is 47.0 Å². The van der Waals surface area contributed by atoms with Crippen molar-refractivity contribution in [3.8, 4) is 0 Å². The van der Waals surface area contributed by atoms with Crippen molar-refractivity contribution in [3.63, 3.8) is 0 Å². The van der Waals surface area contributed by atoms with Crippen LogP contribution in [0, 0.1) is 55.2 Å². The van der Waals surface area contributed by atoms with Crippen LogP contribution in [-0.4, -0.2) is 86.3 Å². The van der Waals surface area contributed by atoms with Crippen molar-refractivity contribution in [3.05, 3.63) is 25.3 Å². The summed E-state index contributed by atoms with van der Waals surface area (Å²) in [5, 5.41) is 0. The van der Waals surface area contributed by atoms with Crippen molar-refractivity contribution in [2.45, 2.75) is 329 Å². The zero-order valence-electron chi connectivity index (χ0n) is 53.9. The highest BCUT2D eigenvalue weighted by Gasteiger charge is 2.75. The summed E-state index contributed by atoms with van der Waals surface area (Å²) in [6.45, 7) is 34.2. The Morgan fingerprint density at radius 2 is 1.01 bits per heavy atom. The van der Waals surface area contributed by atoms with Gasteiger partial charge in [0.05, 0.1) is 11.2 Å². The first-order chi connectivity index (χ1) is 38.8. The predicted octanol–water partition coefficient (Wildman–Crippen LogP) is 19.7. The third kappa shape index (κ3) is 12.2. The maximum atomic E-state index is 15.0. The first-order valence-electron chi connectivity index (χ1n) is 33.4. The van der Waals surface area contributed by atoms with Gasteiger partial charge < -0.3 is 37.9 Å². The summed E-state index contributed by atoms with van der Waals surface area (Å²) in [6, 6.07) is 0. The van der Waals surface area contributed by atoms with Crippen LogP contribution in [-0.2, 0) is 37.9 Å². The fourth-order valence-corrected chi connectivity index (χ4v) is 20.1. The number of hydrogen-bond donors (Lipinski definition) is 0. The number of halogens is 6. The second-order valence-corrected chi connectivity index (χ2v) is 30.6. The molecule has 2 saturated heterocycles. The van der Waals surface area contributed by atoms with E-state index in [1.165, 1.54) is 78.1 Å². The molecule has 10 aliphatic rings. The number of fused-ring (bicyclic) bond motifs is 8. The Bertz CT molecular complexity index is 2160. The van der Waals surface area contributed by atoms with Crippen LogP contribution in [0.15, 0.2) is 25.3 Å². The fourth-order valence-electron chi connectivity index (χ4n) is 20.1. The molecule has 8 saturated carbocycles. The molecule has 13 atom stereocenters. The summed E-state index contributed by atoms with van der Waals surface area (Å²) >= 11 is 0. The van der Waals surface area contributed by atoms with Crippen LogP contribution in [0.2, 0.25) is 0 Å². The van der Waals surface area contributed by atoms with Gasteiger partial charge in [0.2, 0.25) is 0 Å². The van der Waals surface area contributed by atoms with Gasteiger partial charge in [-0.3, -0.25) is 0 Å². The summed E-state index contributed by atoms with van der Waals surface area (Å²) in [4.78, 5) is 0. The van der Waals surface area contributed by atoms with Gasteiger partial charge in [0.1, 0.15) is 0 Å². The molecule has 480 valence electrons. The summed E-state index contributed by atoms with van der Waals surface area (Å²) in [5.74, 6) is 1.57. The molecule has 8 nitrogen and oxygen atoms in total. The van der Waals surface area contributed by atoms with Crippen LogP contribution >= 0.6 is 0 Å². The largest absolute Gasteiger partial charge is 0.417 e. The van der Waals surface area contributed by atoms with Crippen molar-refractivity contribution in [1.29, 1.82) is 0 Å². The van der Waals surface area contributed by atoms with E-state index in [1.54, 1.807) is 13.8 Å². The minimum atomic E-state index is -4.46. The number of alkyl halides is 6. The lowest BCUT2D eigenvalue weighted by molar-refractivity contribution is -0.349. The van der Waals surface area contributed by atoms with Crippen molar-refractivity contribution < 1.29 is 64.2 Å². The first-order valence-corrected chi connectivity index (χ1v) is 33.4. The molecule has 0 aromatic rings. The third-order valence-corrected chi connectivity index (χ3v) is 26.0. The van der Waals surface area contributed by atoms with Crippen molar-refractivity contribution in [1.82, 2.24) is 0 Å². The van der Waals surface area contributed by atoms with Gasteiger partial charge in [0.25, 0.3) is 0 Å². The van der Waals surface area contributed by atoms with Crippen LogP contribution in [0.1, 0.15) is 269 Å². The lowest BCUT2D eigenvalue weighted by Gasteiger charge is -2.57. The second-order valence-electron chi connectivity index (χ2n) is 30.6. The average molecular weight is 1190 g/mol. The Hall–Kier alpha value is -1.26. The number of ether oxygens (including phenoxy) is 8. The quantitative estimate of drug-likeness (QED) is 0.0538. The van der Waals surface area contributed by atoms with Gasteiger partial charge in [-0.2, -0.15) is 26.3 Å². The van der Waals surface area contributed by atoms with Crippen LogP contribution in [0.4, 0.5) is 26.3 Å². The Morgan fingerprint density at radius 1 is 0.542 bits per heavy atom. The molecule has 10 fully saturated rings. The molecule has 2 aliphatic heterocycles.